The number of aromatic nitrogens is 1. The lowest BCUT2D eigenvalue weighted by Crippen LogP contribution is -2.13. The van der Waals surface area contributed by atoms with Crippen molar-refractivity contribution >= 4 is 22.9 Å². The second-order valence-electron chi connectivity index (χ2n) is 4.55. The number of hydrogen-bond acceptors (Lipinski definition) is 5. The lowest BCUT2D eigenvalue weighted by Gasteiger charge is -2.03. The van der Waals surface area contributed by atoms with E-state index in [1.165, 1.54) is 17.4 Å². The molecule has 0 fully saturated rings. The van der Waals surface area contributed by atoms with Crippen LogP contribution in [0.2, 0.25) is 0 Å². The third kappa shape index (κ3) is 2.53. The molecule has 2 N–H and O–H groups in total. The van der Waals surface area contributed by atoms with Crippen LogP contribution in [0.15, 0.2) is 24.4 Å². The predicted octanol–water partition coefficient (Wildman–Crippen LogP) is 2.94. The van der Waals surface area contributed by atoms with Crippen LogP contribution in [0.1, 0.15) is 35.0 Å². The van der Waals surface area contributed by atoms with E-state index in [1.54, 1.807) is 18.3 Å². The van der Waals surface area contributed by atoms with Crippen molar-refractivity contribution in [2.24, 2.45) is 5.73 Å². The minimum absolute atomic E-state index is 0.103. The van der Waals surface area contributed by atoms with Crippen LogP contribution in [0.4, 0.5) is 5.69 Å². The first-order chi connectivity index (χ1) is 9.41. The van der Waals surface area contributed by atoms with Crippen LogP contribution in [0.3, 0.4) is 0 Å². The molecule has 20 heavy (non-hydrogen) atoms. The number of nitrogens with two attached hydrogens (primary N) is 1. The summed E-state index contributed by atoms with van der Waals surface area (Å²) in [5.74, 6) is -0.529. The Bertz CT molecular complexity index is 679. The highest BCUT2D eigenvalue weighted by atomic mass is 32.1. The SMILES string of the molecule is CC(C)c1cnc(-c2cccc(C(N)=O)c2[N+](=O)[O-])s1. The van der Waals surface area contributed by atoms with Crippen LogP contribution >= 0.6 is 11.3 Å². The highest BCUT2D eigenvalue weighted by Crippen LogP contribution is 2.36. The Morgan fingerprint density at radius 1 is 1.45 bits per heavy atom. The minimum Gasteiger partial charge on any atom is -0.365 e. The van der Waals surface area contributed by atoms with E-state index < -0.39 is 10.8 Å². The van der Waals surface area contributed by atoms with Crippen molar-refractivity contribution in [2.45, 2.75) is 19.8 Å². The molecule has 0 saturated carbocycles. The van der Waals surface area contributed by atoms with Gasteiger partial charge in [0.2, 0.25) is 0 Å². The Morgan fingerprint density at radius 2 is 2.15 bits per heavy atom. The number of hydrogen-bond donors (Lipinski definition) is 1. The predicted molar refractivity (Wildman–Crippen MR) is 76.8 cm³/mol. The zero-order valence-corrected chi connectivity index (χ0v) is 11.8. The molecule has 7 heteroatoms. The summed E-state index contributed by atoms with van der Waals surface area (Å²) in [4.78, 5) is 27.2. The molecule has 104 valence electrons. The molecule has 1 amide bonds. The number of nitrogens with zero attached hydrogens (tertiary/aromatic N) is 2. The van der Waals surface area contributed by atoms with Crippen molar-refractivity contribution in [3.05, 3.63) is 45.0 Å². The fraction of sp³-hybridized carbons (Fsp3) is 0.231. The number of para-hydroxylation sites is 1. The average Bonchev–Trinajstić information content (AvgIpc) is 2.87. The lowest BCUT2D eigenvalue weighted by atomic mass is 10.1. The van der Waals surface area contributed by atoms with Gasteiger partial charge in [-0.2, -0.15) is 0 Å². The molecule has 0 atom stereocenters. The van der Waals surface area contributed by atoms with Crippen LogP contribution in [-0.2, 0) is 0 Å². The van der Waals surface area contributed by atoms with Gasteiger partial charge in [-0.25, -0.2) is 4.98 Å². The monoisotopic (exact) mass is 291 g/mol. The zero-order chi connectivity index (χ0) is 14.9. The second kappa shape index (κ2) is 5.38. The van der Waals surface area contributed by atoms with E-state index in [0.29, 0.717) is 16.5 Å². The molecule has 0 aliphatic carbocycles. The van der Waals surface area contributed by atoms with E-state index in [2.05, 4.69) is 4.98 Å². The first kappa shape index (κ1) is 14.1. The normalized spacial score (nSPS) is 10.8. The number of carbonyl (C=O) groups is 1. The Labute approximate surface area is 119 Å². The Hall–Kier alpha value is -2.28. The number of rotatable bonds is 4. The Morgan fingerprint density at radius 3 is 2.65 bits per heavy atom. The van der Waals surface area contributed by atoms with Crippen molar-refractivity contribution in [1.29, 1.82) is 0 Å². The largest absolute Gasteiger partial charge is 0.365 e. The molecule has 0 aliphatic rings. The minimum atomic E-state index is -0.820. The number of primary amides is 1. The highest BCUT2D eigenvalue weighted by molar-refractivity contribution is 7.15. The Kier molecular flexibility index (Phi) is 3.80. The van der Waals surface area contributed by atoms with Gasteiger partial charge in [0.15, 0.2) is 0 Å². The second-order valence-corrected chi connectivity index (χ2v) is 5.61. The van der Waals surface area contributed by atoms with Crippen LogP contribution < -0.4 is 5.73 Å². The summed E-state index contributed by atoms with van der Waals surface area (Å²) in [6.45, 7) is 4.04. The molecular weight excluding hydrogens is 278 g/mol. The van der Waals surface area contributed by atoms with Crippen molar-refractivity contribution in [3.8, 4) is 10.6 Å². The van der Waals surface area contributed by atoms with Gasteiger partial charge in [-0.1, -0.05) is 19.9 Å². The number of benzene rings is 1. The quantitative estimate of drug-likeness (QED) is 0.691. The zero-order valence-electron chi connectivity index (χ0n) is 11.0. The average molecular weight is 291 g/mol. The highest BCUT2D eigenvalue weighted by Gasteiger charge is 2.25. The van der Waals surface area contributed by atoms with E-state index >= 15 is 0 Å². The summed E-state index contributed by atoms with van der Waals surface area (Å²) < 4.78 is 0. The number of nitro benzene ring substituents is 1. The van der Waals surface area contributed by atoms with Gasteiger partial charge in [-0.15, -0.1) is 11.3 Å². The van der Waals surface area contributed by atoms with Gasteiger partial charge >= 0.3 is 0 Å². The maximum absolute atomic E-state index is 11.3. The van der Waals surface area contributed by atoms with Crippen LogP contribution in [0.25, 0.3) is 10.6 Å². The molecule has 1 heterocycles. The molecular formula is C13H13N3O3S. The summed E-state index contributed by atoms with van der Waals surface area (Å²) >= 11 is 1.38. The molecule has 0 spiro atoms. The number of amides is 1. The van der Waals surface area contributed by atoms with E-state index in [-0.39, 0.29) is 11.3 Å². The van der Waals surface area contributed by atoms with Gasteiger partial charge in [0.1, 0.15) is 10.6 Å². The van der Waals surface area contributed by atoms with E-state index in [9.17, 15) is 14.9 Å². The van der Waals surface area contributed by atoms with Gasteiger partial charge in [-0.3, -0.25) is 14.9 Å². The number of thiazole rings is 1. The molecule has 1 aromatic carbocycles. The third-order valence-electron chi connectivity index (χ3n) is 2.81. The first-order valence-electron chi connectivity index (χ1n) is 5.95. The van der Waals surface area contributed by atoms with Crippen LogP contribution in [-0.4, -0.2) is 15.8 Å². The smallest absolute Gasteiger partial charge is 0.292 e. The first-order valence-corrected chi connectivity index (χ1v) is 6.76. The van der Waals surface area contributed by atoms with Gasteiger partial charge in [0.25, 0.3) is 11.6 Å². The third-order valence-corrected chi connectivity index (χ3v) is 4.14. The van der Waals surface area contributed by atoms with Gasteiger partial charge in [-0.05, 0) is 18.1 Å². The van der Waals surface area contributed by atoms with Crippen molar-refractivity contribution in [1.82, 2.24) is 4.98 Å². The molecule has 0 bridgehead atoms. The van der Waals surface area contributed by atoms with E-state index in [1.807, 2.05) is 13.8 Å². The summed E-state index contributed by atoms with van der Waals surface area (Å²) in [6.07, 6.45) is 1.70. The number of nitro groups is 1. The van der Waals surface area contributed by atoms with Gasteiger partial charge in [0.05, 0.1) is 10.5 Å². The summed E-state index contributed by atoms with van der Waals surface area (Å²) in [5.41, 5.74) is 5.12. The van der Waals surface area contributed by atoms with Gasteiger partial charge in [0, 0.05) is 11.1 Å². The molecule has 0 unspecified atom stereocenters. The Balaban J connectivity index is 2.64. The molecule has 0 aliphatic heterocycles. The van der Waals surface area contributed by atoms with Crippen LogP contribution in [0, 0.1) is 10.1 Å². The molecule has 6 nitrogen and oxygen atoms in total. The summed E-state index contributed by atoms with van der Waals surface area (Å²) in [7, 11) is 0. The van der Waals surface area contributed by atoms with E-state index in [4.69, 9.17) is 5.73 Å². The lowest BCUT2D eigenvalue weighted by molar-refractivity contribution is -0.384. The maximum Gasteiger partial charge on any atom is 0.292 e. The standard InChI is InChI=1S/C13H13N3O3S/c1-7(2)10-6-15-13(20-10)9-5-3-4-8(12(14)17)11(9)16(18)19/h3-7H,1-2H3,(H2,14,17). The molecule has 1 aromatic heterocycles. The maximum atomic E-state index is 11.3. The molecule has 0 radical (unpaired) electrons. The summed E-state index contributed by atoms with van der Waals surface area (Å²) in [5, 5.41) is 11.8. The van der Waals surface area contributed by atoms with Gasteiger partial charge < -0.3 is 5.73 Å². The van der Waals surface area contributed by atoms with E-state index in [0.717, 1.165) is 4.88 Å². The molecule has 0 saturated heterocycles. The van der Waals surface area contributed by atoms with Crippen molar-refractivity contribution in [3.63, 3.8) is 0 Å². The summed E-state index contributed by atoms with van der Waals surface area (Å²) in [6, 6.07) is 4.49. The fourth-order valence-electron chi connectivity index (χ4n) is 1.79. The van der Waals surface area contributed by atoms with Crippen molar-refractivity contribution in [2.75, 3.05) is 0 Å². The molecule has 2 aromatic rings. The topological polar surface area (TPSA) is 99.1 Å². The van der Waals surface area contributed by atoms with Crippen molar-refractivity contribution < 1.29 is 9.72 Å². The van der Waals surface area contributed by atoms with Crippen LogP contribution in [0.5, 0.6) is 0 Å². The molecule has 2 rings (SSSR count). The fourth-order valence-corrected chi connectivity index (χ4v) is 2.73. The number of carbonyl (C=O) groups excluding carboxylic acids is 1.